The number of rotatable bonds is 6. The van der Waals surface area contributed by atoms with E-state index in [0.29, 0.717) is 29.5 Å². The second-order valence-corrected chi connectivity index (χ2v) is 11.7. The number of hydrogen-bond donors (Lipinski definition) is 1. The number of aliphatic imine (C=N–C) groups is 1. The molecule has 1 fully saturated rings. The van der Waals surface area contributed by atoms with E-state index in [-0.39, 0.29) is 29.4 Å². The number of hydrogen-bond acceptors (Lipinski definition) is 6. The molecule has 1 atom stereocenters. The average molecular weight is 621 g/mol. The number of para-hydroxylation sites is 1. The molecule has 3 amide bonds. The first kappa shape index (κ1) is 29.4. The van der Waals surface area contributed by atoms with E-state index in [1.165, 1.54) is 51.9 Å². The lowest BCUT2D eigenvalue weighted by atomic mass is 10.0. The third-order valence-electron chi connectivity index (χ3n) is 7.31. The number of nitrogens with one attached hydrogen (secondary N) is 1. The minimum Gasteiger partial charge on any atom is -0.406 e. The third-order valence-corrected chi connectivity index (χ3v) is 8.24. The van der Waals surface area contributed by atoms with Crippen LogP contribution in [0.15, 0.2) is 78.0 Å². The number of thioether (sulfide) groups is 1. The van der Waals surface area contributed by atoms with E-state index in [4.69, 9.17) is 0 Å². The van der Waals surface area contributed by atoms with Crippen LogP contribution in [0.25, 0.3) is 17.1 Å². The van der Waals surface area contributed by atoms with E-state index in [1.807, 2.05) is 42.5 Å². The van der Waals surface area contributed by atoms with Gasteiger partial charge in [0, 0.05) is 11.6 Å². The van der Waals surface area contributed by atoms with Gasteiger partial charge in [-0.3, -0.25) is 9.69 Å². The standard InChI is InChI=1S/C31H27F3N6O3S/c1-18(2)25-5-3-4-6-26(25)40-27(41)16-44-30(40)37-29(42)36-22-14-19-7-8-20(13-21(19)15-22)28-35-17-39(38-28)23-9-11-24(12-10-23)43-31(32,33)34/h3-13,17-18,22H,14-16H2,1-2H3,(H,36,42). The third kappa shape index (κ3) is 6.32. The van der Waals surface area contributed by atoms with Gasteiger partial charge in [0.25, 0.3) is 0 Å². The van der Waals surface area contributed by atoms with Crippen molar-refractivity contribution in [1.82, 2.24) is 20.1 Å². The van der Waals surface area contributed by atoms with Gasteiger partial charge in [-0.1, -0.05) is 55.9 Å². The van der Waals surface area contributed by atoms with Gasteiger partial charge in [-0.05, 0) is 71.8 Å². The van der Waals surface area contributed by atoms with Crippen LogP contribution >= 0.6 is 11.8 Å². The van der Waals surface area contributed by atoms with Crippen LogP contribution in [0.1, 0.15) is 36.5 Å². The van der Waals surface area contributed by atoms with Gasteiger partial charge < -0.3 is 10.1 Å². The molecule has 0 spiro atoms. The molecule has 226 valence electrons. The van der Waals surface area contributed by atoms with Crippen LogP contribution < -0.4 is 15.0 Å². The largest absolute Gasteiger partial charge is 0.573 e. The number of aromatic nitrogens is 3. The van der Waals surface area contributed by atoms with Crippen molar-refractivity contribution in [3.8, 4) is 22.8 Å². The first-order valence-corrected chi connectivity index (χ1v) is 14.9. The summed E-state index contributed by atoms with van der Waals surface area (Å²) in [6.07, 6.45) is -2.06. The predicted molar refractivity (Wildman–Crippen MR) is 161 cm³/mol. The fraction of sp³-hybridized carbons (Fsp3) is 0.258. The van der Waals surface area contributed by atoms with Crippen LogP contribution in [0.5, 0.6) is 5.75 Å². The van der Waals surface area contributed by atoms with E-state index in [1.54, 1.807) is 0 Å². The first-order chi connectivity index (χ1) is 21.0. The molecule has 1 N–H and O–H groups in total. The van der Waals surface area contributed by atoms with Gasteiger partial charge in [0.2, 0.25) is 5.91 Å². The number of nitrogens with zero attached hydrogens (tertiary/aromatic N) is 5. The zero-order valence-corrected chi connectivity index (χ0v) is 24.5. The summed E-state index contributed by atoms with van der Waals surface area (Å²) in [6.45, 7) is 4.11. The van der Waals surface area contributed by atoms with Crippen molar-refractivity contribution in [3.63, 3.8) is 0 Å². The van der Waals surface area contributed by atoms with Crippen molar-refractivity contribution < 1.29 is 27.5 Å². The van der Waals surface area contributed by atoms with E-state index >= 15 is 0 Å². The lowest BCUT2D eigenvalue weighted by molar-refractivity contribution is -0.274. The number of ether oxygens (including phenoxy) is 1. The first-order valence-electron chi connectivity index (χ1n) is 13.9. The highest BCUT2D eigenvalue weighted by molar-refractivity contribution is 8.15. The zero-order chi connectivity index (χ0) is 31.0. The zero-order valence-electron chi connectivity index (χ0n) is 23.7. The molecule has 1 unspecified atom stereocenters. The number of halogens is 3. The van der Waals surface area contributed by atoms with Crippen LogP contribution in [0.3, 0.4) is 0 Å². The van der Waals surface area contributed by atoms with Crippen molar-refractivity contribution in [1.29, 1.82) is 0 Å². The van der Waals surface area contributed by atoms with Crippen LogP contribution in [0.4, 0.5) is 23.7 Å². The second kappa shape index (κ2) is 11.8. The number of carbonyl (C=O) groups excluding carboxylic acids is 2. The average Bonchev–Trinajstić information content (AvgIpc) is 3.70. The van der Waals surface area contributed by atoms with Crippen molar-refractivity contribution in [2.75, 3.05) is 10.7 Å². The Balaban J connectivity index is 1.12. The summed E-state index contributed by atoms with van der Waals surface area (Å²) in [7, 11) is 0. The summed E-state index contributed by atoms with van der Waals surface area (Å²) in [4.78, 5) is 35.9. The number of alkyl halides is 3. The van der Waals surface area contributed by atoms with Crippen LogP contribution in [0, 0.1) is 0 Å². The quantitative estimate of drug-likeness (QED) is 0.273. The summed E-state index contributed by atoms with van der Waals surface area (Å²) in [5, 5.41) is 7.83. The number of urea groups is 1. The Hall–Kier alpha value is -4.65. The molecular weight excluding hydrogens is 593 g/mol. The molecule has 1 saturated heterocycles. The van der Waals surface area contributed by atoms with Crippen LogP contribution in [-0.4, -0.2) is 50.0 Å². The Kier molecular flexibility index (Phi) is 7.89. The molecule has 4 aromatic rings. The Morgan fingerprint density at radius 3 is 2.57 bits per heavy atom. The van der Waals surface area contributed by atoms with Gasteiger partial charge in [-0.15, -0.1) is 18.3 Å². The molecule has 1 aliphatic carbocycles. The molecule has 2 heterocycles. The number of amides is 3. The van der Waals surface area contributed by atoms with E-state index in [0.717, 1.165) is 27.9 Å². The minimum absolute atomic E-state index is 0.112. The van der Waals surface area contributed by atoms with Crippen molar-refractivity contribution >= 4 is 34.6 Å². The van der Waals surface area contributed by atoms with E-state index in [2.05, 4.69) is 39.0 Å². The molecule has 0 saturated carbocycles. The van der Waals surface area contributed by atoms with Crippen molar-refractivity contribution in [2.24, 2.45) is 4.99 Å². The minimum atomic E-state index is -4.76. The highest BCUT2D eigenvalue weighted by atomic mass is 32.2. The number of amidine groups is 1. The SMILES string of the molecule is CC(C)c1ccccc1N1C(=O)CSC1=NC(=O)NC1Cc2ccc(-c3ncn(-c4ccc(OC(F)(F)F)cc4)n3)cc2C1. The maximum atomic E-state index is 13.0. The van der Waals surface area contributed by atoms with Gasteiger partial charge >= 0.3 is 12.4 Å². The Labute approximate surface area is 255 Å². The highest BCUT2D eigenvalue weighted by Gasteiger charge is 2.33. The molecule has 44 heavy (non-hydrogen) atoms. The fourth-order valence-corrected chi connectivity index (χ4v) is 6.19. The molecule has 1 aliphatic heterocycles. The Morgan fingerprint density at radius 2 is 1.82 bits per heavy atom. The maximum absolute atomic E-state index is 13.0. The fourth-order valence-electron chi connectivity index (χ4n) is 5.33. The van der Waals surface area contributed by atoms with Crippen molar-refractivity contribution in [2.45, 2.75) is 45.0 Å². The van der Waals surface area contributed by atoms with Crippen molar-refractivity contribution in [3.05, 3.63) is 89.7 Å². The summed E-state index contributed by atoms with van der Waals surface area (Å²) in [5.41, 5.74) is 5.18. The number of fused-ring (bicyclic) bond motifs is 1. The molecular formula is C31H27F3N6O3S. The van der Waals surface area contributed by atoms with Crippen LogP contribution in [-0.2, 0) is 17.6 Å². The normalized spacial score (nSPS) is 17.4. The summed E-state index contributed by atoms with van der Waals surface area (Å²) >= 11 is 1.25. The smallest absolute Gasteiger partial charge is 0.406 e. The summed E-state index contributed by atoms with van der Waals surface area (Å²) in [5.74, 6) is 0.430. The Bertz CT molecular complexity index is 1750. The molecule has 2 aliphatic rings. The van der Waals surface area contributed by atoms with Gasteiger partial charge in [0.15, 0.2) is 11.0 Å². The molecule has 1 aromatic heterocycles. The Morgan fingerprint density at radius 1 is 1.07 bits per heavy atom. The molecule has 0 bridgehead atoms. The lowest BCUT2D eigenvalue weighted by Crippen LogP contribution is -2.36. The van der Waals surface area contributed by atoms with Gasteiger partial charge in [0.1, 0.15) is 12.1 Å². The summed E-state index contributed by atoms with van der Waals surface area (Å²) in [6, 6.07) is 18.2. The van der Waals surface area contributed by atoms with E-state index < -0.39 is 12.4 Å². The second-order valence-electron chi connectivity index (χ2n) is 10.7. The van der Waals surface area contributed by atoms with Gasteiger partial charge in [0.05, 0.1) is 17.1 Å². The molecule has 0 radical (unpaired) electrons. The molecule has 13 heteroatoms. The predicted octanol–water partition coefficient (Wildman–Crippen LogP) is 6.27. The van der Waals surface area contributed by atoms with E-state index in [9.17, 15) is 22.8 Å². The highest BCUT2D eigenvalue weighted by Crippen LogP contribution is 2.33. The molecule has 3 aromatic carbocycles. The maximum Gasteiger partial charge on any atom is 0.573 e. The topological polar surface area (TPSA) is 102 Å². The number of benzene rings is 3. The lowest BCUT2D eigenvalue weighted by Gasteiger charge is -2.21. The molecule has 9 nitrogen and oxygen atoms in total. The summed E-state index contributed by atoms with van der Waals surface area (Å²) < 4.78 is 42.7. The van der Waals surface area contributed by atoms with Gasteiger partial charge in [-0.2, -0.15) is 4.99 Å². The van der Waals surface area contributed by atoms with Gasteiger partial charge in [-0.25, -0.2) is 14.5 Å². The monoisotopic (exact) mass is 620 g/mol. The van der Waals surface area contributed by atoms with Crippen LogP contribution in [0.2, 0.25) is 0 Å². The number of carbonyl (C=O) groups is 2. The molecule has 6 rings (SSSR count). The number of anilines is 1.